The summed E-state index contributed by atoms with van der Waals surface area (Å²) in [7, 11) is 0. The molecule has 0 atom stereocenters. The number of nitrogens with zero attached hydrogens (tertiary/aromatic N) is 5. The topological polar surface area (TPSA) is 53.9 Å². The predicted molar refractivity (Wildman–Crippen MR) is 244 cm³/mol. The van der Waals surface area contributed by atoms with Crippen molar-refractivity contribution in [3.05, 3.63) is 207 Å². The standard InChI is InChI=1S/C54H33N5O2/c1-5-20-44-38(16-1)39-17-2-6-21-45(39)58(44)50-26-11-10-25-49(50)57-34-56(47-23-8-9-24-48(47)57)35-14-13-15-36(30-35)60-37-28-29-41-40-18-3-7-22-46(40)59(51(41)31-37)54-32-43-42-19-4-12-27-52(42)61-53(43)33-55-54/h1-33H. The summed E-state index contributed by atoms with van der Waals surface area (Å²) in [6, 6.07) is 67.5. The van der Waals surface area contributed by atoms with Crippen molar-refractivity contribution in [3.63, 3.8) is 0 Å². The minimum absolute atomic E-state index is 0.715. The van der Waals surface area contributed by atoms with Crippen LogP contribution in [0.3, 0.4) is 0 Å². The lowest BCUT2D eigenvalue weighted by atomic mass is 10.1. The lowest BCUT2D eigenvalue weighted by Crippen LogP contribution is -2.31. The Labute approximate surface area is 348 Å². The van der Waals surface area contributed by atoms with Crippen LogP contribution in [0.4, 0.5) is 0 Å². The normalized spacial score (nSPS) is 11.9. The van der Waals surface area contributed by atoms with Crippen molar-refractivity contribution in [1.29, 1.82) is 0 Å². The number of fused-ring (bicyclic) bond motifs is 10. The van der Waals surface area contributed by atoms with Gasteiger partial charge in [-0.3, -0.25) is 13.7 Å². The van der Waals surface area contributed by atoms with Crippen LogP contribution in [-0.2, 0) is 0 Å². The van der Waals surface area contributed by atoms with Gasteiger partial charge in [0.25, 0.3) is 6.33 Å². The maximum Gasteiger partial charge on any atom is 0.269 e. The Balaban J connectivity index is 0.914. The summed E-state index contributed by atoms with van der Waals surface area (Å²) in [5, 5.41) is 6.81. The number of benzene rings is 8. The zero-order valence-corrected chi connectivity index (χ0v) is 32.6. The SMILES string of the molecule is [c-]1n(-c2cccc(Oc3ccc4c5ccccc5n(-c5cc6c(cn5)oc5ccccc56)c4c3)c2)c2ccccc2[n+]1-c1ccccc1-n1c2ccccc2c2ccccc21. The maximum absolute atomic E-state index is 6.72. The Kier molecular flexibility index (Phi) is 7.17. The third-order valence-electron chi connectivity index (χ3n) is 11.9. The molecule has 0 spiro atoms. The second kappa shape index (κ2) is 13.0. The van der Waals surface area contributed by atoms with E-state index in [9.17, 15) is 0 Å². The molecule has 8 aromatic carbocycles. The van der Waals surface area contributed by atoms with E-state index in [1.165, 1.54) is 10.8 Å². The highest BCUT2D eigenvalue weighted by Gasteiger charge is 2.20. The molecule has 286 valence electrons. The van der Waals surface area contributed by atoms with Gasteiger partial charge in [0.1, 0.15) is 22.9 Å². The number of hydrogen-bond donors (Lipinski definition) is 0. The third-order valence-corrected chi connectivity index (χ3v) is 11.9. The van der Waals surface area contributed by atoms with Crippen LogP contribution in [0.5, 0.6) is 11.5 Å². The van der Waals surface area contributed by atoms with Crippen LogP contribution in [0, 0.1) is 6.33 Å². The van der Waals surface area contributed by atoms with E-state index in [0.29, 0.717) is 5.75 Å². The van der Waals surface area contributed by atoms with Crippen molar-refractivity contribution >= 4 is 76.6 Å². The molecule has 0 bridgehead atoms. The second-order valence-electron chi connectivity index (χ2n) is 15.4. The highest BCUT2D eigenvalue weighted by atomic mass is 16.5. The first-order chi connectivity index (χ1) is 30.2. The largest absolute Gasteiger partial charge is 0.458 e. The Morgan fingerprint density at radius 2 is 1.08 bits per heavy atom. The molecular weight excluding hydrogens is 751 g/mol. The molecular formula is C54H33N5O2. The average molecular weight is 784 g/mol. The fourth-order valence-electron chi connectivity index (χ4n) is 9.28. The van der Waals surface area contributed by atoms with Gasteiger partial charge in [-0.15, -0.1) is 0 Å². The molecule has 0 amide bonds. The Morgan fingerprint density at radius 3 is 1.87 bits per heavy atom. The van der Waals surface area contributed by atoms with Gasteiger partial charge in [0, 0.05) is 38.4 Å². The van der Waals surface area contributed by atoms with E-state index < -0.39 is 0 Å². The summed E-state index contributed by atoms with van der Waals surface area (Å²) in [5.74, 6) is 2.25. The molecule has 0 unspecified atom stereocenters. The molecule has 61 heavy (non-hydrogen) atoms. The van der Waals surface area contributed by atoms with E-state index in [2.05, 4.69) is 182 Å². The highest BCUT2D eigenvalue weighted by molar-refractivity contribution is 6.11. The number of hydrogen-bond acceptors (Lipinski definition) is 3. The fraction of sp³-hybridized carbons (Fsp3) is 0. The summed E-state index contributed by atoms with van der Waals surface area (Å²) in [5.41, 5.74) is 11.1. The first-order valence-corrected chi connectivity index (χ1v) is 20.4. The minimum atomic E-state index is 0.715. The molecule has 0 aliphatic carbocycles. The van der Waals surface area contributed by atoms with Gasteiger partial charge in [0.2, 0.25) is 0 Å². The molecule has 13 rings (SSSR count). The number of para-hydroxylation sites is 8. The van der Waals surface area contributed by atoms with E-state index in [4.69, 9.17) is 14.1 Å². The van der Waals surface area contributed by atoms with Gasteiger partial charge in [-0.25, -0.2) is 4.98 Å². The van der Waals surface area contributed by atoms with Crippen LogP contribution in [0.15, 0.2) is 205 Å². The first-order valence-electron chi connectivity index (χ1n) is 20.4. The number of ether oxygens (including phenoxy) is 1. The quantitative estimate of drug-likeness (QED) is 0.125. The average Bonchev–Trinajstić information content (AvgIpc) is 4.07. The highest BCUT2D eigenvalue weighted by Crippen LogP contribution is 2.38. The third kappa shape index (κ3) is 5.11. The Bertz CT molecular complexity index is 3830. The second-order valence-corrected chi connectivity index (χ2v) is 15.4. The number of pyridine rings is 1. The van der Waals surface area contributed by atoms with Crippen LogP contribution in [0.25, 0.3) is 99.5 Å². The first kappa shape index (κ1) is 33.5. The van der Waals surface area contributed by atoms with Crippen LogP contribution < -0.4 is 9.30 Å². The maximum atomic E-state index is 6.72. The Hall–Kier alpha value is -8.42. The van der Waals surface area contributed by atoms with Crippen LogP contribution >= 0.6 is 0 Å². The van der Waals surface area contributed by atoms with E-state index in [0.717, 1.165) is 94.4 Å². The van der Waals surface area contributed by atoms with Gasteiger partial charge >= 0.3 is 0 Å². The van der Waals surface area contributed by atoms with Gasteiger partial charge in [-0.1, -0.05) is 115 Å². The van der Waals surface area contributed by atoms with Gasteiger partial charge < -0.3 is 13.7 Å². The van der Waals surface area contributed by atoms with Gasteiger partial charge in [0.15, 0.2) is 5.58 Å². The van der Waals surface area contributed by atoms with Crippen molar-refractivity contribution in [3.8, 4) is 34.4 Å². The monoisotopic (exact) mass is 783 g/mol. The van der Waals surface area contributed by atoms with Crippen molar-refractivity contribution < 1.29 is 13.7 Å². The van der Waals surface area contributed by atoms with Crippen molar-refractivity contribution in [2.24, 2.45) is 0 Å². The molecule has 0 saturated heterocycles. The number of imidazole rings is 1. The van der Waals surface area contributed by atoms with Gasteiger partial charge in [-0.2, -0.15) is 0 Å². The molecule has 13 aromatic rings. The van der Waals surface area contributed by atoms with Crippen LogP contribution in [0.2, 0.25) is 0 Å². The van der Waals surface area contributed by atoms with E-state index in [1.807, 2.05) is 42.6 Å². The molecule has 0 N–H and O–H groups in total. The van der Waals surface area contributed by atoms with Crippen LogP contribution in [0.1, 0.15) is 0 Å². The summed E-state index contributed by atoms with van der Waals surface area (Å²) < 4.78 is 21.7. The Morgan fingerprint density at radius 1 is 0.459 bits per heavy atom. The fourth-order valence-corrected chi connectivity index (χ4v) is 9.28. The molecule has 5 heterocycles. The number of aromatic nitrogens is 5. The van der Waals surface area contributed by atoms with Crippen molar-refractivity contribution in [2.45, 2.75) is 0 Å². The van der Waals surface area contributed by atoms with E-state index in [-0.39, 0.29) is 0 Å². The molecule has 0 saturated carbocycles. The molecule has 0 aliphatic rings. The van der Waals surface area contributed by atoms with Gasteiger partial charge in [0.05, 0.1) is 56.4 Å². The minimum Gasteiger partial charge on any atom is -0.458 e. The summed E-state index contributed by atoms with van der Waals surface area (Å²) in [6.07, 6.45) is 5.57. The number of furan rings is 1. The molecule has 0 aliphatic heterocycles. The summed E-state index contributed by atoms with van der Waals surface area (Å²) in [4.78, 5) is 4.92. The van der Waals surface area contributed by atoms with Crippen molar-refractivity contribution in [2.75, 3.05) is 0 Å². The zero-order chi connectivity index (χ0) is 40.0. The molecule has 7 nitrogen and oxygen atoms in total. The smallest absolute Gasteiger partial charge is 0.269 e. The molecule has 0 radical (unpaired) electrons. The van der Waals surface area contributed by atoms with E-state index in [1.54, 1.807) is 0 Å². The molecule has 7 heteroatoms. The molecule has 5 aromatic heterocycles. The summed E-state index contributed by atoms with van der Waals surface area (Å²) >= 11 is 0. The predicted octanol–water partition coefficient (Wildman–Crippen LogP) is 13.0. The summed E-state index contributed by atoms with van der Waals surface area (Å²) in [6.45, 7) is 0. The zero-order valence-electron chi connectivity index (χ0n) is 32.6. The van der Waals surface area contributed by atoms with E-state index >= 15 is 0 Å². The van der Waals surface area contributed by atoms with Crippen molar-refractivity contribution in [1.82, 2.24) is 18.7 Å². The lowest BCUT2D eigenvalue weighted by Gasteiger charge is -2.14. The molecule has 0 fully saturated rings. The lowest BCUT2D eigenvalue weighted by molar-refractivity contribution is -0.572. The number of rotatable bonds is 6. The van der Waals surface area contributed by atoms with Gasteiger partial charge in [-0.05, 0) is 72.8 Å². The van der Waals surface area contributed by atoms with Crippen LogP contribution in [-0.4, -0.2) is 18.7 Å².